The number of allylic oxidation sites excluding steroid dienone is 3. The van der Waals surface area contributed by atoms with E-state index >= 15 is 0 Å². The molecule has 1 unspecified atom stereocenters. The van der Waals surface area contributed by atoms with E-state index < -0.39 is 24.2 Å². The second-order valence-corrected chi connectivity index (χ2v) is 7.67. The second kappa shape index (κ2) is 7.61. The van der Waals surface area contributed by atoms with Gasteiger partial charge in [-0.1, -0.05) is 20.8 Å². The second-order valence-electron chi connectivity index (χ2n) is 7.67. The van der Waals surface area contributed by atoms with Crippen molar-refractivity contribution in [3.05, 3.63) is 51.3 Å². The van der Waals surface area contributed by atoms with Crippen molar-refractivity contribution in [2.24, 2.45) is 11.8 Å². The number of ether oxygens (including phenoxy) is 2. The molecule has 0 saturated heterocycles. The number of rotatable bonds is 4. The largest absolute Gasteiger partial charge is 0.491 e. The normalized spacial score (nSPS) is 21.7. The van der Waals surface area contributed by atoms with E-state index in [9.17, 15) is 27.9 Å². The maximum atomic E-state index is 12.5. The van der Waals surface area contributed by atoms with Gasteiger partial charge in [-0.2, -0.15) is 13.2 Å². The molecule has 1 N–H and O–H groups in total. The van der Waals surface area contributed by atoms with Gasteiger partial charge in [0.15, 0.2) is 12.0 Å². The molecule has 0 fully saturated rings. The van der Waals surface area contributed by atoms with Crippen molar-refractivity contribution in [1.29, 1.82) is 0 Å². The highest BCUT2D eigenvalue weighted by molar-refractivity contribution is 5.87. The number of aromatic carboxylic acids is 1. The summed E-state index contributed by atoms with van der Waals surface area (Å²) in [5.74, 6) is -1.11. The number of hydrogen-bond donors (Lipinski definition) is 1. The van der Waals surface area contributed by atoms with Gasteiger partial charge in [0.05, 0.1) is 11.7 Å². The van der Waals surface area contributed by atoms with Crippen molar-refractivity contribution >= 4 is 11.5 Å². The van der Waals surface area contributed by atoms with Crippen LogP contribution < -0.4 is 5.43 Å². The molecule has 1 aromatic heterocycles. The standard InChI is InChI=1S/C20H22F3NO5/c1-10(2)15-8-28-18-6-17(29-9-20(21,22)23)11(3)4-12(18)14-5-16(25)13(19(26)27)7-24(14)15/h5-7,10-11,15H,4,8-9H2,1-3H3,(H,26,27)/t11-,15?/m1/s1. The molecule has 158 valence electrons. The summed E-state index contributed by atoms with van der Waals surface area (Å²) in [6, 6.07) is 1.02. The first-order valence-electron chi connectivity index (χ1n) is 9.25. The molecule has 1 aromatic rings. The summed E-state index contributed by atoms with van der Waals surface area (Å²) >= 11 is 0. The number of carboxylic acid groups (broad SMARTS) is 1. The highest BCUT2D eigenvalue weighted by atomic mass is 19.4. The summed E-state index contributed by atoms with van der Waals surface area (Å²) in [6.07, 6.45) is -1.38. The van der Waals surface area contributed by atoms with Crippen LogP contribution in [-0.2, 0) is 9.47 Å². The van der Waals surface area contributed by atoms with Gasteiger partial charge in [0.25, 0.3) is 0 Å². The van der Waals surface area contributed by atoms with E-state index in [0.717, 1.165) is 0 Å². The van der Waals surface area contributed by atoms with Crippen LogP contribution in [0.3, 0.4) is 0 Å². The molecule has 0 saturated carbocycles. The molecule has 2 atom stereocenters. The minimum absolute atomic E-state index is 0.0570. The van der Waals surface area contributed by atoms with E-state index in [1.165, 1.54) is 18.3 Å². The van der Waals surface area contributed by atoms with Crippen molar-refractivity contribution in [2.45, 2.75) is 39.4 Å². The van der Waals surface area contributed by atoms with Crippen LogP contribution in [0.25, 0.3) is 5.57 Å². The fourth-order valence-electron chi connectivity index (χ4n) is 3.57. The Morgan fingerprint density at radius 3 is 2.69 bits per heavy atom. The van der Waals surface area contributed by atoms with Gasteiger partial charge in [0.1, 0.15) is 23.7 Å². The highest BCUT2D eigenvalue weighted by Crippen LogP contribution is 2.40. The molecule has 2 heterocycles. The minimum Gasteiger partial charge on any atom is -0.491 e. The molecule has 29 heavy (non-hydrogen) atoms. The van der Waals surface area contributed by atoms with E-state index in [4.69, 9.17) is 9.47 Å². The van der Waals surface area contributed by atoms with Crippen LogP contribution in [0, 0.1) is 11.8 Å². The Hall–Kier alpha value is -2.71. The zero-order valence-corrected chi connectivity index (χ0v) is 16.2. The lowest BCUT2D eigenvalue weighted by atomic mass is 9.90. The SMILES string of the molecule is CC(C)C1COC2=C(C[C@@H](C)C(OCC(F)(F)F)=C2)c2cc(=O)c(C(=O)O)cn21. The molecule has 6 nitrogen and oxygen atoms in total. The maximum Gasteiger partial charge on any atom is 0.422 e. The molecule has 1 aliphatic carbocycles. The molecule has 2 aliphatic rings. The van der Waals surface area contributed by atoms with Gasteiger partial charge in [-0.3, -0.25) is 4.79 Å². The summed E-state index contributed by atoms with van der Waals surface area (Å²) in [5, 5.41) is 9.32. The molecule has 0 aromatic carbocycles. The number of pyridine rings is 1. The smallest absolute Gasteiger partial charge is 0.422 e. The lowest BCUT2D eigenvalue weighted by molar-refractivity contribution is -0.166. The van der Waals surface area contributed by atoms with Gasteiger partial charge in [-0.25, -0.2) is 4.79 Å². The number of carbonyl (C=O) groups is 1. The Labute approximate surface area is 165 Å². The van der Waals surface area contributed by atoms with Crippen LogP contribution in [-0.4, -0.2) is 35.0 Å². The van der Waals surface area contributed by atoms with Gasteiger partial charge in [0.2, 0.25) is 0 Å². The zero-order chi connectivity index (χ0) is 21.5. The van der Waals surface area contributed by atoms with Crippen LogP contribution in [0.1, 0.15) is 49.3 Å². The number of aromatic nitrogens is 1. The third-order valence-corrected chi connectivity index (χ3v) is 5.12. The van der Waals surface area contributed by atoms with E-state index in [-0.39, 0.29) is 35.8 Å². The van der Waals surface area contributed by atoms with Crippen molar-refractivity contribution in [2.75, 3.05) is 13.2 Å². The number of nitrogens with zero attached hydrogens (tertiary/aromatic N) is 1. The van der Waals surface area contributed by atoms with Crippen LogP contribution in [0.5, 0.6) is 0 Å². The molecule has 0 bridgehead atoms. The highest BCUT2D eigenvalue weighted by Gasteiger charge is 2.34. The lowest BCUT2D eigenvalue weighted by Gasteiger charge is -2.26. The summed E-state index contributed by atoms with van der Waals surface area (Å²) in [6.45, 7) is 4.40. The first-order valence-corrected chi connectivity index (χ1v) is 9.25. The first-order chi connectivity index (χ1) is 13.5. The summed E-state index contributed by atoms with van der Waals surface area (Å²) < 4.78 is 50.2. The molecule has 1 aliphatic heterocycles. The molecule has 0 radical (unpaired) electrons. The van der Waals surface area contributed by atoms with Gasteiger partial charge >= 0.3 is 12.1 Å². The fraction of sp³-hybridized carbons (Fsp3) is 0.500. The van der Waals surface area contributed by atoms with Crippen LogP contribution in [0.4, 0.5) is 13.2 Å². The zero-order valence-electron chi connectivity index (χ0n) is 16.2. The van der Waals surface area contributed by atoms with Crippen molar-refractivity contribution in [1.82, 2.24) is 4.57 Å². The number of hydrogen-bond acceptors (Lipinski definition) is 4. The molecule has 0 spiro atoms. The predicted octanol–water partition coefficient (Wildman–Crippen LogP) is 3.99. The third kappa shape index (κ3) is 4.33. The summed E-state index contributed by atoms with van der Waals surface area (Å²) in [7, 11) is 0. The van der Waals surface area contributed by atoms with Crippen LogP contribution in [0.15, 0.2) is 34.7 Å². The monoisotopic (exact) mass is 413 g/mol. The van der Waals surface area contributed by atoms with E-state index in [1.54, 1.807) is 11.5 Å². The quantitative estimate of drug-likeness (QED) is 0.808. The average Bonchev–Trinajstić information content (AvgIpc) is 2.75. The van der Waals surface area contributed by atoms with E-state index in [1.807, 2.05) is 13.8 Å². The molecule has 3 rings (SSSR count). The van der Waals surface area contributed by atoms with Crippen molar-refractivity contribution < 1.29 is 32.5 Å². The van der Waals surface area contributed by atoms with Gasteiger partial charge in [-0.15, -0.1) is 0 Å². The fourth-order valence-corrected chi connectivity index (χ4v) is 3.57. The molecular weight excluding hydrogens is 391 g/mol. The van der Waals surface area contributed by atoms with Gasteiger partial charge < -0.3 is 19.1 Å². The average molecular weight is 413 g/mol. The minimum atomic E-state index is -4.45. The predicted molar refractivity (Wildman–Crippen MR) is 98.3 cm³/mol. The van der Waals surface area contributed by atoms with Gasteiger partial charge in [0, 0.05) is 29.8 Å². The van der Waals surface area contributed by atoms with Gasteiger partial charge in [-0.05, 0) is 12.3 Å². The number of halogens is 3. The third-order valence-electron chi connectivity index (χ3n) is 5.12. The van der Waals surface area contributed by atoms with E-state index in [2.05, 4.69) is 0 Å². The van der Waals surface area contributed by atoms with Crippen LogP contribution >= 0.6 is 0 Å². The summed E-state index contributed by atoms with van der Waals surface area (Å²) in [4.78, 5) is 23.8. The molecule has 0 amide bonds. The maximum absolute atomic E-state index is 12.5. The Kier molecular flexibility index (Phi) is 5.51. The van der Waals surface area contributed by atoms with Crippen molar-refractivity contribution in [3.8, 4) is 0 Å². The Bertz CT molecular complexity index is 942. The number of carboxylic acids is 1. The van der Waals surface area contributed by atoms with E-state index in [0.29, 0.717) is 23.4 Å². The van der Waals surface area contributed by atoms with Crippen LogP contribution in [0.2, 0.25) is 0 Å². The topological polar surface area (TPSA) is 77.8 Å². The van der Waals surface area contributed by atoms with Crippen molar-refractivity contribution in [3.63, 3.8) is 0 Å². The Morgan fingerprint density at radius 1 is 1.41 bits per heavy atom. The number of fused-ring (bicyclic) bond motifs is 2. The summed E-state index contributed by atoms with van der Waals surface area (Å²) in [5.41, 5.74) is 0.200. The molecule has 9 heteroatoms. The lowest BCUT2D eigenvalue weighted by Crippen LogP contribution is -2.26. The number of alkyl halides is 3. The Morgan fingerprint density at radius 2 is 2.10 bits per heavy atom. The Balaban J connectivity index is 2.10. The molecular formula is C20H22F3NO5. The first kappa shape index (κ1) is 21.0.